The minimum absolute atomic E-state index is 0.0147. The summed E-state index contributed by atoms with van der Waals surface area (Å²) < 4.78 is 16.8. The number of pyridine rings is 1. The molecule has 0 aliphatic heterocycles. The van der Waals surface area contributed by atoms with E-state index >= 15 is 0 Å². The van der Waals surface area contributed by atoms with E-state index < -0.39 is 16.4 Å². The van der Waals surface area contributed by atoms with Crippen molar-refractivity contribution in [2.75, 3.05) is 20.8 Å². The lowest BCUT2D eigenvalue weighted by atomic mass is 10.1. The molecule has 0 amide bonds. The van der Waals surface area contributed by atoms with E-state index in [2.05, 4.69) is 10.2 Å². The van der Waals surface area contributed by atoms with Gasteiger partial charge in [-0.2, -0.15) is 5.26 Å². The van der Waals surface area contributed by atoms with Gasteiger partial charge in [0.15, 0.2) is 22.9 Å². The molecule has 0 fully saturated rings. The number of rotatable bonds is 10. The van der Waals surface area contributed by atoms with Crippen LogP contribution in [0.25, 0.3) is 0 Å². The average Bonchev–Trinajstić information content (AvgIpc) is 2.89. The van der Waals surface area contributed by atoms with Gasteiger partial charge in [-0.25, -0.2) is 0 Å². The van der Waals surface area contributed by atoms with Crippen LogP contribution in [0.1, 0.15) is 23.6 Å². The average molecular weight is 508 g/mol. The first kappa shape index (κ1) is 26.7. The van der Waals surface area contributed by atoms with Crippen molar-refractivity contribution in [2.24, 2.45) is 10.2 Å². The standard InChI is InChI=1S/C25H25N5O7/c1-5-37-17-7-8-19(20(13-17)30(33)34)27-28-23-15(2)18(14-26)24(31)29(25(23)32)11-10-16-6-9-21(35-3)22(12-16)36-4/h6-9,12-13,31H,5,10-11H2,1-4H3. The van der Waals surface area contributed by atoms with Crippen LogP contribution < -0.4 is 19.8 Å². The van der Waals surface area contributed by atoms with Crippen LogP contribution in [-0.4, -0.2) is 35.4 Å². The first-order chi connectivity index (χ1) is 17.7. The third-order valence-electron chi connectivity index (χ3n) is 5.55. The Balaban J connectivity index is 2.02. The third kappa shape index (κ3) is 5.67. The van der Waals surface area contributed by atoms with E-state index in [9.17, 15) is 25.3 Å². The zero-order valence-corrected chi connectivity index (χ0v) is 20.7. The Labute approximate surface area is 212 Å². The van der Waals surface area contributed by atoms with E-state index in [4.69, 9.17) is 14.2 Å². The molecule has 0 aliphatic carbocycles. The third-order valence-corrected chi connectivity index (χ3v) is 5.55. The molecule has 12 nitrogen and oxygen atoms in total. The maximum Gasteiger partial charge on any atom is 0.300 e. The normalized spacial score (nSPS) is 10.8. The molecule has 1 N–H and O–H groups in total. The van der Waals surface area contributed by atoms with Gasteiger partial charge in [0, 0.05) is 12.1 Å². The zero-order valence-electron chi connectivity index (χ0n) is 20.7. The van der Waals surface area contributed by atoms with Gasteiger partial charge in [-0.05, 0) is 50.1 Å². The molecule has 0 aliphatic rings. The van der Waals surface area contributed by atoms with E-state index in [1.54, 1.807) is 25.1 Å². The summed E-state index contributed by atoms with van der Waals surface area (Å²) in [6.07, 6.45) is 0.308. The predicted molar refractivity (Wildman–Crippen MR) is 134 cm³/mol. The molecule has 12 heteroatoms. The molecule has 0 spiro atoms. The fraction of sp³-hybridized carbons (Fsp3) is 0.280. The Hall–Kier alpha value is -4.92. The number of hydrogen-bond donors (Lipinski definition) is 1. The smallest absolute Gasteiger partial charge is 0.300 e. The Morgan fingerprint density at radius 3 is 2.49 bits per heavy atom. The molecule has 3 rings (SSSR count). The van der Waals surface area contributed by atoms with Crippen LogP contribution in [0.4, 0.5) is 17.1 Å². The zero-order chi connectivity index (χ0) is 27.1. The minimum atomic E-state index is -0.702. The Kier molecular flexibility index (Phi) is 8.42. The fourth-order valence-corrected chi connectivity index (χ4v) is 3.64. The second kappa shape index (κ2) is 11.7. The van der Waals surface area contributed by atoms with Crippen molar-refractivity contribution in [3.05, 3.63) is 73.6 Å². The molecular formula is C25H25N5O7. The maximum atomic E-state index is 13.2. The summed E-state index contributed by atoms with van der Waals surface area (Å²) in [6.45, 7) is 3.53. The highest BCUT2D eigenvalue weighted by Gasteiger charge is 2.21. The van der Waals surface area contributed by atoms with E-state index in [0.717, 1.165) is 10.1 Å². The van der Waals surface area contributed by atoms with E-state index in [-0.39, 0.29) is 34.7 Å². The number of hydrogen-bond acceptors (Lipinski definition) is 10. The summed E-state index contributed by atoms with van der Waals surface area (Å²) in [5.74, 6) is 0.832. The van der Waals surface area contributed by atoms with Crippen molar-refractivity contribution in [3.63, 3.8) is 0 Å². The molecule has 1 aromatic heterocycles. The molecular weight excluding hydrogens is 482 g/mol. The lowest BCUT2D eigenvalue weighted by molar-refractivity contribution is -0.384. The van der Waals surface area contributed by atoms with Crippen LogP contribution in [0.2, 0.25) is 0 Å². The van der Waals surface area contributed by atoms with E-state index in [0.29, 0.717) is 30.3 Å². The molecule has 0 radical (unpaired) electrons. The summed E-state index contributed by atoms with van der Waals surface area (Å²) in [6, 6.07) is 11.2. The second-order valence-electron chi connectivity index (χ2n) is 7.72. The highest BCUT2D eigenvalue weighted by Crippen LogP contribution is 2.34. The van der Waals surface area contributed by atoms with Gasteiger partial charge >= 0.3 is 0 Å². The molecule has 3 aromatic rings. The van der Waals surface area contributed by atoms with Gasteiger partial charge in [0.05, 0.1) is 31.8 Å². The van der Waals surface area contributed by atoms with E-state index in [1.807, 2.05) is 6.07 Å². The second-order valence-corrected chi connectivity index (χ2v) is 7.72. The summed E-state index contributed by atoms with van der Waals surface area (Å²) in [4.78, 5) is 24.1. The van der Waals surface area contributed by atoms with Crippen LogP contribution in [0.3, 0.4) is 0 Å². The molecule has 0 saturated carbocycles. The van der Waals surface area contributed by atoms with Crippen molar-refractivity contribution >= 4 is 17.1 Å². The van der Waals surface area contributed by atoms with Gasteiger partial charge in [0.2, 0.25) is 5.88 Å². The van der Waals surface area contributed by atoms with Crippen molar-refractivity contribution in [1.29, 1.82) is 5.26 Å². The lowest BCUT2D eigenvalue weighted by Gasteiger charge is -2.14. The number of nitrogens with zero attached hydrogens (tertiary/aromatic N) is 5. The summed E-state index contributed by atoms with van der Waals surface area (Å²) in [7, 11) is 3.02. The summed E-state index contributed by atoms with van der Waals surface area (Å²) >= 11 is 0. The molecule has 0 unspecified atom stereocenters. The number of ether oxygens (including phenoxy) is 3. The highest BCUT2D eigenvalue weighted by atomic mass is 16.6. The van der Waals surface area contributed by atoms with Crippen LogP contribution in [0.15, 0.2) is 51.4 Å². The Morgan fingerprint density at radius 1 is 1.14 bits per heavy atom. The number of aromatic nitrogens is 1. The number of nitro groups is 1. The number of benzene rings is 2. The Morgan fingerprint density at radius 2 is 1.86 bits per heavy atom. The van der Waals surface area contributed by atoms with E-state index in [1.165, 1.54) is 39.3 Å². The van der Waals surface area contributed by atoms with Crippen molar-refractivity contribution in [2.45, 2.75) is 26.8 Å². The van der Waals surface area contributed by atoms with Crippen LogP contribution in [0, 0.1) is 28.4 Å². The minimum Gasteiger partial charge on any atom is -0.494 e. The summed E-state index contributed by atoms with van der Waals surface area (Å²) in [5, 5.41) is 39.6. The Bertz CT molecular complexity index is 1460. The number of nitriles is 1. The largest absolute Gasteiger partial charge is 0.494 e. The van der Waals surface area contributed by atoms with Crippen molar-refractivity contribution < 1.29 is 24.2 Å². The number of aryl methyl sites for hydroxylation is 1. The number of methoxy groups -OCH3 is 2. The first-order valence-corrected chi connectivity index (χ1v) is 11.2. The molecule has 2 aromatic carbocycles. The van der Waals surface area contributed by atoms with Gasteiger partial charge in [-0.15, -0.1) is 10.2 Å². The summed E-state index contributed by atoms with van der Waals surface area (Å²) in [5.41, 5.74) is -0.643. The van der Waals surface area contributed by atoms with Gasteiger partial charge < -0.3 is 19.3 Å². The number of aromatic hydroxyl groups is 1. The van der Waals surface area contributed by atoms with Gasteiger partial charge in [0.1, 0.15) is 17.4 Å². The van der Waals surface area contributed by atoms with Crippen molar-refractivity contribution in [3.8, 4) is 29.2 Å². The van der Waals surface area contributed by atoms with Crippen LogP contribution >= 0.6 is 0 Å². The maximum absolute atomic E-state index is 13.2. The number of nitro benzene ring substituents is 1. The molecule has 0 atom stereocenters. The quantitative estimate of drug-likeness (QED) is 0.234. The topological polar surface area (TPSA) is 162 Å². The highest BCUT2D eigenvalue weighted by molar-refractivity contribution is 5.61. The lowest BCUT2D eigenvalue weighted by Crippen LogP contribution is -2.23. The molecule has 1 heterocycles. The molecule has 0 bridgehead atoms. The number of azo groups is 1. The van der Waals surface area contributed by atoms with Crippen LogP contribution in [0.5, 0.6) is 23.1 Å². The SMILES string of the molecule is CCOc1ccc(N=Nc2c(C)c(C#N)c(O)n(CCc3ccc(OC)c(OC)c3)c2=O)c([N+](=O)[O-])c1. The monoisotopic (exact) mass is 507 g/mol. The predicted octanol–water partition coefficient (Wildman–Crippen LogP) is 4.72. The van der Waals surface area contributed by atoms with Gasteiger partial charge in [-0.1, -0.05) is 6.07 Å². The molecule has 0 saturated heterocycles. The fourth-order valence-electron chi connectivity index (χ4n) is 3.64. The molecule has 37 heavy (non-hydrogen) atoms. The first-order valence-electron chi connectivity index (χ1n) is 11.2. The van der Waals surface area contributed by atoms with Crippen LogP contribution in [-0.2, 0) is 13.0 Å². The molecule has 192 valence electrons. The van der Waals surface area contributed by atoms with Crippen molar-refractivity contribution in [1.82, 2.24) is 4.57 Å². The van der Waals surface area contributed by atoms with Gasteiger partial charge in [0.25, 0.3) is 11.2 Å². The van der Waals surface area contributed by atoms with Gasteiger partial charge in [-0.3, -0.25) is 19.5 Å².